The van der Waals surface area contributed by atoms with Crippen molar-refractivity contribution in [3.05, 3.63) is 53.1 Å². The second kappa shape index (κ2) is 5.45. The van der Waals surface area contributed by atoms with Crippen molar-refractivity contribution in [2.24, 2.45) is 0 Å². The summed E-state index contributed by atoms with van der Waals surface area (Å²) in [7, 11) is 0. The van der Waals surface area contributed by atoms with Gasteiger partial charge in [0.15, 0.2) is 0 Å². The van der Waals surface area contributed by atoms with Crippen molar-refractivity contribution in [2.45, 2.75) is 13.3 Å². The molecule has 0 atom stereocenters. The molecule has 0 spiro atoms. The number of benzene rings is 2. The zero-order valence-corrected chi connectivity index (χ0v) is 11.1. The van der Waals surface area contributed by atoms with Gasteiger partial charge in [0.2, 0.25) is 0 Å². The van der Waals surface area contributed by atoms with E-state index in [9.17, 15) is 4.79 Å². The van der Waals surface area contributed by atoms with Crippen molar-refractivity contribution in [2.75, 3.05) is 5.73 Å². The molecule has 0 saturated carbocycles. The Balaban J connectivity index is 2.71. The van der Waals surface area contributed by atoms with Gasteiger partial charge in [0.1, 0.15) is 6.07 Å². The van der Waals surface area contributed by atoms with Crippen LogP contribution in [0.1, 0.15) is 28.4 Å². The molecular formula is C16H14N2O2. The maximum Gasteiger partial charge on any atom is 0.337 e. The van der Waals surface area contributed by atoms with Crippen LogP contribution < -0.4 is 5.73 Å². The van der Waals surface area contributed by atoms with E-state index >= 15 is 0 Å². The largest absolute Gasteiger partial charge is 0.478 e. The van der Waals surface area contributed by atoms with Crippen LogP contribution in [0.15, 0.2) is 36.4 Å². The lowest BCUT2D eigenvalue weighted by Crippen LogP contribution is -2.03. The standard InChI is InChI=1S/C16H14N2O2/c1-2-10-7-15(16(19)20)12(9-17)8-14(10)11-4-3-5-13(18)6-11/h3-8H,2,18H2,1H3,(H,19,20). The van der Waals surface area contributed by atoms with Gasteiger partial charge in [-0.05, 0) is 47.4 Å². The van der Waals surface area contributed by atoms with Gasteiger partial charge in [-0.15, -0.1) is 0 Å². The number of nitriles is 1. The van der Waals surface area contributed by atoms with Gasteiger partial charge in [-0.1, -0.05) is 19.1 Å². The minimum Gasteiger partial charge on any atom is -0.478 e. The number of carbonyl (C=O) groups is 1. The van der Waals surface area contributed by atoms with E-state index in [1.807, 2.05) is 31.2 Å². The number of rotatable bonds is 3. The van der Waals surface area contributed by atoms with Gasteiger partial charge in [0.05, 0.1) is 11.1 Å². The number of hydrogen-bond donors (Lipinski definition) is 2. The molecule has 0 radical (unpaired) electrons. The minimum atomic E-state index is -1.09. The molecule has 0 unspecified atom stereocenters. The van der Waals surface area contributed by atoms with Gasteiger partial charge in [-0.3, -0.25) is 0 Å². The predicted octanol–water partition coefficient (Wildman–Crippen LogP) is 3.07. The number of nitrogens with two attached hydrogens (primary N) is 1. The van der Waals surface area contributed by atoms with Crippen LogP contribution in [0, 0.1) is 11.3 Å². The third-order valence-corrected chi connectivity index (χ3v) is 3.17. The Morgan fingerprint density at radius 1 is 1.35 bits per heavy atom. The maximum atomic E-state index is 11.2. The SMILES string of the molecule is CCc1cc(C(=O)O)c(C#N)cc1-c1cccc(N)c1. The zero-order chi connectivity index (χ0) is 14.7. The zero-order valence-electron chi connectivity index (χ0n) is 11.1. The Morgan fingerprint density at radius 2 is 2.10 bits per heavy atom. The monoisotopic (exact) mass is 266 g/mol. The van der Waals surface area contributed by atoms with E-state index in [-0.39, 0.29) is 11.1 Å². The smallest absolute Gasteiger partial charge is 0.337 e. The molecule has 0 amide bonds. The number of hydrogen-bond acceptors (Lipinski definition) is 3. The molecule has 2 rings (SSSR count). The molecule has 0 saturated heterocycles. The Bertz CT molecular complexity index is 715. The van der Waals surface area contributed by atoms with Crippen LogP contribution in [0.25, 0.3) is 11.1 Å². The first-order chi connectivity index (χ1) is 9.56. The summed E-state index contributed by atoms with van der Waals surface area (Å²) in [5, 5.41) is 18.3. The Hall–Kier alpha value is -2.80. The number of nitrogens with zero attached hydrogens (tertiary/aromatic N) is 1. The van der Waals surface area contributed by atoms with E-state index in [1.54, 1.807) is 18.2 Å². The van der Waals surface area contributed by atoms with Crippen LogP contribution in [0.2, 0.25) is 0 Å². The lowest BCUT2D eigenvalue weighted by Gasteiger charge is -2.11. The van der Waals surface area contributed by atoms with E-state index in [0.717, 1.165) is 16.7 Å². The van der Waals surface area contributed by atoms with Gasteiger partial charge in [0, 0.05) is 5.69 Å². The van der Waals surface area contributed by atoms with Crippen molar-refractivity contribution in [1.29, 1.82) is 5.26 Å². The highest BCUT2D eigenvalue weighted by molar-refractivity contribution is 5.92. The first-order valence-corrected chi connectivity index (χ1v) is 6.23. The van der Waals surface area contributed by atoms with Gasteiger partial charge in [-0.25, -0.2) is 4.79 Å². The number of nitrogen functional groups attached to an aromatic ring is 1. The summed E-state index contributed by atoms with van der Waals surface area (Å²) >= 11 is 0. The van der Waals surface area contributed by atoms with E-state index in [0.29, 0.717) is 12.1 Å². The third-order valence-electron chi connectivity index (χ3n) is 3.17. The number of carboxylic acids is 1. The molecule has 0 aliphatic carbocycles. The van der Waals surface area contributed by atoms with E-state index < -0.39 is 5.97 Å². The second-order valence-corrected chi connectivity index (χ2v) is 4.45. The summed E-state index contributed by atoms with van der Waals surface area (Å²) in [6, 6.07) is 12.5. The fourth-order valence-electron chi connectivity index (χ4n) is 2.18. The quantitative estimate of drug-likeness (QED) is 0.836. The Labute approximate surface area is 117 Å². The summed E-state index contributed by atoms with van der Waals surface area (Å²) in [5.41, 5.74) is 9.22. The first kappa shape index (κ1) is 13.6. The lowest BCUT2D eigenvalue weighted by atomic mass is 9.92. The van der Waals surface area contributed by atoms with Crippen molar-refractivity contribution >= 4 is 11.7 Å². The molecule has 100 valence electrons. The molecular weight excluding hydrogens is 252 g/mol. The number of aromatic carboxylic acids is 1. The molecule has 20 heavy (non-hydrogen) atoms. The van der Waals surface area contributed by atoms with Gasteiger partial charge in [0.25, 0.3) is 0 Å². The highest BCUT2D eigenvalue weighted by atomic mass is 16.4. The normalized spacial score (nSPS) is 10.0. The van der Waals surface area contributed by atoms with Crippen LogP contribution in [-0.2, 0) is 6.42 Å². The molecule has 0 aromatic heterocycles. The highest BCUT2D eigenvalue weighted by Crippen LogP contribution is 2.29. The number of anilines is 1. The Kier molecular flexibility index (Phi) is 3.72. The summed E-state index contributed by atoms with van der Waals surface area (Å²) in [6.07, 6.45) is 0.677. The van der Waals surface area contributed by atoms with Crippen LogP contribution >= 0.6 is 0 Å². The lowest BCUT2D eigenvalue weighted by molar-refractivity contribution is 0.0696. The fourth-order valence-corrected chi connectivity index (χ4v) is 2.18. The van der Waals surface area contributed by atoms with E-state index in [1.165, 1.54) is 0 Å². The summed E-state index contributed by atoms with van der Waals surface area (Å²) < 4.78 is 0. The first-order valence-electron chi connectivity index (χ1n) is 6.23. The molecule has 4 heteroatoms. The van der Waals surface area contributed by atoms with Crippen LogP contribution in [-0.4, -0.2) is 11.1 Å². The summed E-state index contributed by atoms with van der Waals surface area (Å²) in [5.74, 6) is -1.09. The van der Waals surface area contributed by atoms with E-state index in [4.69, 9.17) is 16.1 Å². The predicted molar refractivity (Wildman–Crippen MR) is 77.3 cm³/mol. The third kappa shape index (κ3) is 2.47. The number of aryl methyl sites for hydroxylation is 1. The van der Waals surface area contributed by atoms with Crippen molar-refractivity contribution in [3.8, 4) is 17.2 Å². The van der Waals surface area contributed by atoms with Crippen LogP contribution in [0.3, 0.4) is 0 Å². The summed E-state index contributed by atoms with van der Waals surface area (Å²) in [6.45, 7) is 1.95. The average molecular weight is 266 g/mol. The number of carboxylic acid groups (broad SMARTS) is 1. The molecule has 0 aliphatic rings. The van der Waals surface area contributed by atoms with Crippen LogP contribution in [0.5, 0.6) is 0 Å². The molecule has 0 aliphatic heterocycles. The fraction of sp³-hybridized carbons (Fsp3) is 0.125. The highest BCUT2D eigenvalue weighted by Gasteiger charge is 2.15. The molecule has 0 fully saturated rings. The average Bonchev–Trinajstić information content (AvgIpc) is 2.45. The Morgan fingerprint density at radius 3 is 2.65 bits per heavy atom. The van der Waals surface area contributed by atoms with Crippen molar-refractivity contribution in [3.63, 3.8) is 0 Å². The molecule has 0 bridgehead atoms. The van der Waals surface area contributed by atoms with Crippen molar-refractivity contribution < 1.29 is 9.90 Å². The van der Waals surface area contributed by atoms with E-state index in [2.05, 4.69) is 0 Å². The van der Waals surface area contributed by atoms with Gasteiger partial charge >= 0.3 is 5.97 Å². The molecule has 2 aromatic carbocycles. The van der Waals surface area contributed by atoms with Gasteiger partial charge < -0.3 is 10.8 Å². The maximum absolute atomic E-state index is 11.2. The second-order valence-electron chi connectivity index (χ2n) is 4.45. The van der Waals surface area contributed by atoms with Crippen LogP contribution in [0.4, 0.5) is 5.69 Å². The van der Waals surface area contributed by atoms with Gasteiger partial charge in [-0.2, -0.15) is 5.26 Å². The molecule has 0 heterocycles. The molecule has 3 N–H and O–H groups in total. The molecule has 2 aromatic rings. The molecule has 4 nitrogen and oxygen atoms in total. The summed E-state index contributed by atoms with van der Waals surface area (Å²) in [4.78, 5) is 11.2. The van der Waals surface area contributed by atoms with Crippen molar-refractivity contribution in [1.82, 2.24) is 0 Å². The minimum absolute atomic E-state index is 0.0389. The topological polar surface area (TPSA) is 87.1 Å².